The van der Waals surface area contributed by atoms with Crippen LogP contribution in [0.5, 0.6) is 11.5 Å². The van der Waals surface area contributed by atoms with Crippen molar-refractivity contribution in [2.45, 2.75) is 6.10 Å². The van der Waals surface area contributed by atoms with Crippen LogP contribution in [0.4, 0.5) is 0 Å². The highest BCUT2D eigenvalue weighted by Gasteiger charge is 2.23. The monoisotopic (exact) mass is 248 g/mol. The van der Waals surface area contributed by atoms with Gasteiger partial charge in [-0.05, 0) is 0 Å². The SMILES string of the molecule is COc1cc(Cl)c(Cl)cc1OCC1CO1. The van der Waals surface area contributed by atoms with Crippen LogP contribution in [0.15, 0.2) is 12.1 Å². The molecule has 82 valence electrons. The van der Waals surface area contributed by atoms with Gasteiger partial charge >= 0.3 is 0 Å². The van der Waals surface area contributed by atoms with Crippen molar-refractivity contribution in [2.75, 3.05) is 20.3 Å². The molecule has 0 N–H and O–H groups in total. The van der Waals surface area contributed by atoms with Crippen molar-refractivity contribution in [3.05, 3.63) is 22.2 Å². The average Bonchev–Trinajstić information content (AvgIpc) is 3.03. The molecule has 1 unspecified atom stereocenters. The summed E-state index contributed by atoms with van der Waals surface area (Å²) in [6.07, 6.45) is 0.198. The van der Waals surface area contributed by atoms with Gasteiger partial charge in [0.05, 0.1) is 23.8 Å². The Morgan fingerprint density at radius 1 is 1.33 bits per heavy atom. The van der Waals surface area contributed by atoms with E-state index in [-0.39, 0.29) is 6.10 Å². The Kier molecular flexibility index (Phi) is 3.24. The van der Waals surface area contributed by atoms with Crippen molar-refractivity contribution in [3.63, 3.8) is 0 Å². The smallest absolute Gasteiger partial charge is 0.162 e. The van der Waals surface area contributed by atoms with Gasteiger partial charge in [-0.25, -0.2) is 0 Å². The highest BCUT2D eigenvalue weighted by Crippen LogP contribution is 2.36. The number of methoxy groups -OCH3 is 1. The predicted octanol–water partition coefficient (Wildman–Crippen LogP) is 2.78. The van der Waals surface area contributed by atoms with E-state index in [1.807, 2.05) is 0 Å². The summed E-state index contributed by atoms with van der Waals surface area (Å²) in [6, 6.07) is 3.28. The van der Waals surface area contributed by atoms with Crippen molar-refractivity contribution in [2.24, 2.45) is 0 Å². The lowest BCUT2D eigenvalue weighted by Gasteiger charge is -2.10. The maximum Gasteiger partial charge on any atom is 0.162 e. The predicted molar refractivity (Wildman–Crippen MR) is 58.2 cm³/mol. The first-order valence-corrected chi connectivity index (χ1v) is 5.23. The molecular formula is C10H10Cl2O3. The standard InChI is InChI=1S/C10H10Cl2O3/c1-13-9-2-7(11)8(12)3-10(9)15-5-6-4-14-6/h2-3,6H,4-5H2,1H3. The Morgan fingerprint density at radius 2 is 1.93 bits per heavy atom. The van der Waals surface area contributed by atoms with Gasteiger partial charge in [-0.3, -0.25) is 0 Å². The van der Waals surface area contributed by atoms with E-state index in [0.717, 1.165) is 6.61 Å². The average molecular weight is 249 g/mol. The number of rotatable bonds is 4. The molecule has 0 amide bonds. The van der Waals surface area contributed by atoms with Crippen molar-refractivity contribution in [3.8, 4) is 11.5 Å². The Balaban J connectivity index is 2.15. The van der Waals surface area contributed by atoms with Crippen LogP contribution in [-0.4, -0.2) is 26.4 Å². The van der Waals surface area contributed by atoms with E-state index in [2.05, 4.69) is 0 Å². The molecule has 2 rings (SSSR count). The van der Waals surface area contributed by atoms with E-state index in [1.54, 1.807) is 19.2 Å². The largest absolute Gasteiger partial charge is 0.493 e. The molecular weight excluding hydrogens is 239 g/mol. The zero-order chi connectivity index (χ0) is 10.8. The van der Waals surface area contributed by atoms with E-state index in [9.17, 15) is 0 Å². The summed E-state index contributed by atoms with van der Waals surface area (Å²) in [7, 11) is 1.56. The quantitative estimate of drug-likeness (QED) is 0.769. The van der Waals surface area contributed by atoms with Crippen LogP contribution >= 0.6 is 23.2 Å². The molecule has 0 radical (unpaired) electrons. The molecule has 0 saturated carbocycles. The Labute approximate surface area is 97.8 Å². The summed E-state index contributed by atoms with van der Waals surface area (Å²) in [4.78, 5) is 0. The van der Waals surface area contributed by atoms with Crippen molar-refractivity contribution in [1.29, 1.82) is 0 Å². The summed E-state index contributed by atoms with van der Waals surface area (Å²) < 4.78 is 15.7. The second kappa shape index (κ2) is 4.47. The lowest BCUT2D eigenvalue weighted by Crippen LogP contribution is -2.05. The third kappa shape index (κ3) is 2.68. The number of ether oxygens (including phenoxy) is 3. The summed E-state index contributed by atoms with van der Waals surface area (Å²) in [5, 5.41) is 0.896. The zero-order valence-corrected chi connectivity index (χ0v) is 9.64. The van der Waals surface area contributed by atoms with Crippen molar-refractivity contribution >= 4 is 23.2 Å². The van der Waals surface area contributed by atoms with E-state index in [1.165, 1.54) is 0 Å². The van der Waals surface area contributed by atoms with E-state index in [4.69, 9.17) is 37.4 Å². The first kappa shape index (κ1) is 10.9. The minimum absolute atomic E-state index is 0.198. The second-order valence-corrected chi connectivity index (χ2v) is 4.00. The highest BCUT2D eigenvalue weighted by molar-refractivity contribution is 6.42. The van der Waals surface area contributed by atoms with Crippen molar-refractivity contribution in [1.82, 2.24) is 0 Å². The molecule has 1 aliphatic rings. The zero-order valence-electron chi connectivity index (χ0n) is 8.13. The van der Waals surface area contributed by atoms with Gasteiger partial charge in [-0.1, -0.05) is 23.2 Å². The van der Waals surface area contributed by atoms with Gasteiger partial charge in [0.1, 0.15) is 12.7 Å². The van der Waals surface area contributed by atoms with Gasteiger partial charge in [-0.2, -0.15) is 0 Å². The molecule has 1 aromatic rings. The minimum Gasteiger partial charge on any atom is -0.493 e. The van der Waals surface area contributed by atoms with Gasteiger partial charge in [0, 0.05) is 12.1 Å². The first-order valence-electron chi connectivity index (χ1n) is 4.48. The first-order chi connectivity index (χ1) is 7.20. The molecule has 0 aliphatic carbocycles. The van der Waals surface area contributed by atoms with Gasteiger partial charge in [0.15, 0.2) is 11.5 Å². The molecule has 1 aromatic carbocycles. The Hall–Kier alpha value is -0.640. The van der Waals surface area contributed by atoms with Crippen LogP contribution in [0, 0.1) is 0 Å². The maximum atomic E-state index is 5.87. The summed E-state index contributed by atoms with van der Waals surface area (Å²) >= 11 is 11.7. The fourth-order valence-electron chi connectivity index (χ4n) is 1.13. The number of hydrogen-bond acceptors (Lipinski definition) is 3. The van der Waals surface area contributed by atoms with E-state index < -0.39 is 0 Å². The third-order valence-electron chi connectivity index (χ3n) is 2.03. The molecule has 1 heterocycles. The summed E-state index contributed by atoms with van der Waals surface area (Å²) in [5.41, 5.74) is 0. The highest BCUT2D eigenvalue weighted by atomic mass is 35.5. The van der Waals surface area contributed by atoms with Crippen molar-refractivity contribution < 1.29 is 14.2 Å². The minimum atomic E-state index is 0.198. The number of halogens is 2. The van der Waals surface area contributed by atoms with Gasteiger partial charge < -0.3 is 14.2 Å². The van der Waals surface area contributed by atoms with Gasteiger partial charge in [0.25, 0.3) is 0 Å². The molecule has 5 heteroatoms. The molecule has 15 heavy (non-hydrogen) atoms. The topological polar surface area (TPSA) is 31.0 Å². The molecule has 0 bridgehead atoms. The van der Waals surface area contributed by atoms with Crippen LogP contribution in [0.25, 0.3) is 0 Å². The Morgan fingerprint density at radius 3 is 2.47 bits per heavy atom. The Bertz CT molecular complexity index is 364. The summed E-state index contributed by atoms with van der Waals surface area (Å²) in [6.45, 7) is 1.26. The lowest BCUT2D eigenvalue weighted by molar-refractivity contribution is 0.252. The van der Waals surface area contributed by atoms with Crippen LogP contribution < -0.4 is 9.47 Å². The van der Waals surface area contributed by atoms with Gasteiger partial charge in [0.2, 0.25) is 0 Å². The van der Waals surface area contributed by atoms with Crippen LogP contribution in [0.1, 0.15) is 0 Å². The third-order valence-corrected chi connectivity index (χ3v) is 2.76. The molecule has 1 aliphatic heterocycles. The number of hydrogen-bond donors (Lipinski definition) is 0. The lowest BCUT2D eigenvalue weighted by atomic mass is 10.3. The normalized spacial score (nSPS) is 18.7. The fourth-order valence-corrected chi connectivity index (χ4v) is 1.44. The molecule has 1 saturated heterocycles. The van der Waals surface area contributed by atoms with Gasteiger partial charge in [-0.15, -0.1) is 0 Å². The molecule has 3 nitrogen and oxygen atoms in total. The van der Waals surface area contributed by atoms with Crippen LogP contribution in [0.2, 0.25) is 10.0 Å². The number of benzene rings is 1. The van der Waals surface area contributed by atoms with Crippen LogP contribution in [0.3, 0.4) is 0 Å². The molecule has 0 aromatic heterocycles. The molecule has 1 atom stereocenters. The summed E-state index contributed by atoms with van der Waals surface area (Å²) in [5.74, 6) is 1.16. The second-order valence-electron chi connectivity index (χ2n) is 3.18. The van der Waals surface area contributed by atoms with Crippen LogP contribution in [-0.2, 0) is 4.74 Å². The van der Waals surface area contributed by atoms with E-state index >= 15 is 0 Å². The van der Waals surface area contributed by atoms with E-state index in [0.29, 0.717) is 28.2 Å². The number of epoxide rings is 1. The maximum absolute atomic E-state index is 5.87. The molecule has 0 spiro atoms. The fraction of sp³-hybridized carbons (Fsp3) is 0.400. The molecule has 1 fully saturated rings.